The monoisotopic (exact) mass is 277 g/mol. The summed E-state index contributed by atoms with van der Waals surface area (Å²) < 4.78 is 0. The minimum Gasteiger partial charge on any atom is -0.340 e. The Labute approximate surface area is 122 Å². The van der Waals surface area contributed by atoms with E-state index in [9.17, 15) is 4.79 Å². The van der Waals surface area contributed by atoms with Gasteiger partial charge in [-0.3, -0.25) is 4.79 Å². The maximum Gasteiger partial charge on any atom is 0.244 e. The Bertz CT molecular complexity index is 403. The van der Waals surface area contributed by atoms with Gasteiger partial charge in [0, 0.05) is 19.6 Å². The van der Waals surface area contributed by atoms with E-state index in [0.717, 1.165) is 18.7 Å². The van der Waals surface area contributed by atoms with Crippen molar-refractivity contribution in [3.05, 3.63) is 35.9 Å². The third kappa shape index (κ3) is 5.31. The number of benzene rings is 1. The van der Waals surface area contributed by atoms with Crippen LogP contribution in [-0.4, -0.2) is 49.4 Å². The molecule has 0 heterocycles. The van der Waals surface area contributed by atoms with Crippen molar-refractivity contribution in [1.29, 1.82) is 0 Å². The molecule has 0 saturated heterocycles. The first kappa shape index (κ1) is 16.7. The SMILES string of the molecule is CC(C)CN(CCN(C)C)C(=O)C(N)c1ccccc1. The van der Waals surface area contributed by atoms with E-state index in [0.29, 0.717) is 12.5 Å². The van der Waals surface area contributed by atoms with E-state index in [2.05, 4.69) is 18.7 Å². The molecule has 1 rings (SSSR count). The van der Waals surface area contributed by atoms with E-state index in [1.165, 1.54) is 0 Å². The standard InChI is InChI=1S/C16H27N3O/c1-13(2)12-19(11-10-18(3)4)16(20)15(17)14-8-6-5-7-9-14/h5-9,13,15H,10-12,17H2,1-4H3. The lowest BCUT2D eigenvalue weighted by atomic mass is 10.1. The van der Waals surface area contributed by atoms with E-state index in [1.54, 1.807) is 0 Å². The Morgan fingerprint density at radius 3 is 2.25 bits per heavy atom. The van der Waals surface area contributed by atoms with Crippen LogP contribution in [0.4, 0.5) is 0 Å². The van der Waals surface area contributed by atoms with Crippen molar-refractivity contribution in [3.8, 4) is 0 Å². The zero-order valence-electron chi connectivity index (χ0n) is 13.0. The van der Waals surface area contributed by atoms with E-state index < -0.39 is 6.04 Å². The predicted octanol–water partition coefficient (Wildman–Crippen LogP) is 1.73. The second kappa shape index (κ2) is 8.02. The molecule has 0 saturated carbocycles. The van der Waals surface area contributed by atoms with Crippen LogP contribution in [0.25, 0.3) is 0 Å². The predicted molar refractivity (Wildman–Crippen MR) is 83.3 cm³/mol. The Hall–Kier alpha value is -1.39. The molecule has 0 aromatic heterocycles. The summed E-state index contributed by atoms with van der Waals surface area (Å²) in [5.41, 5.74) is 6.99. The van der Waals surface area contributed by atoms with Crippen molar-refractivity contribution in [1.82, 2.24) is 9.80 Å². The Morgan fingerprint density at radius 2 is 1.75 bits per heavy atom. The molecule has 1 atom stereocenters. The number of rotatable bonds is 7. The lowest BCUT2D eigenvalue weighted by Crippen LogP contribution is -2.43. The fraction of sp³-hybridized carbons (Fsp3) is 0.562. The van der Waals surface area contributed by atoms with Crippen LogP contribution < -0.4 is 5.73 Å². The molecule has 0 radical (unpaired) electrons. The van der Waals surface area contributed by atoms with Crippen LogP contribution in [-0.2, 0) is 4.79 Å². The molecule has 4 nitrogen and oxygen atoms in total. The Morgan fingerprint density at radius 1 is 1.15 bits per heavy atom. The summed E-state index contributed by atoms with van der Waals surface area (Å²) in [6, 6.07) is 8.99. The molecule has 0 fully saturated rings. The number of nitrogens with two attached hydrogens (primary N) is 1. The number of amides is 1. The topological polar surface area (TPSA) is 49.6 Å². The molecule has 112 valence electrons. The number of hydrogen-bond acceptors (Lipinski definition) is 3. The Balaban J connectivity index is 2.75. The van der Waals surface area contributed by atoms with Crippen molar-refractivity contribution < 1.29 is 4.79 Å². The number of carbonyl (C=O) groups excluding carboxylic acids is 1. The van der Waals surface area contributed by atoms with E-state index in [1.807, 2.05) is 49.3 Å². The summed E-state index contributed by atoms with van der Waals surface area (Å²) in [4.78, 5) is 16.5. The molecule has 0 aliphatic carbocycles. The second-order valence-electron chi connectivity index (χ2n) is 5.87. The highest BCUT2D eigenvalue weighted by atomic mass is 16.2. The van der Waals surface area contributed by atoms with E-state index >= 15 is 0 Å². The molecule has 1 amide bonds. The normalized spacial score (nSPS) is 12.8. The van der Waals surface area contributed by atoms with Crippen molar-refractivity contribution in [2.24, 2.45) is 11.7 Å². The fourth-order valence-corrected chi connectivity index (χ4v) is 2.05. The summed E-state index contributed by atoms with van der Waals surface area (Å²) in [5, 5.41) is 0. The summed E-state index contributed by atoms with van der Waals surface area (Å²) in [6.45, 7) is 6.53. The Kier molecular flexibility index (Phi) is 6.68. The number of likely N-dealkylation sites (N-methyl/N-ethyl adjacent to an activating group) is 1. The third-order valence-electron chi connectivity index (χ3n) is 3.14. The molecule has 1 unspecified atom stereocenters. The highest BCUT2D eigenvalue weighted by Crippen LogP contribution is 2.14. The zero-order chi connectivity index (χ0) is 15.1. The summed E-state index contributed by atoms with van der Waals surface area (Å²) in [7, 11) is 4.02. The van der Waals surface area contributed by atoms with Gasteiger partial charge in [-0.15, -0.1) is 0 Å². The molecular formula is C16H27N3O. The lowest BCUT2D eigenvalue weighted by molar-refractivity contribution is -0.133. The molecule has 0 spiro atoms. The summed E-state index contributed by atoms with van der Waals surface area (Å²) in [5.74, 6) is 0.441. The quantitative estimate of drug-likeness (QED) is 0.826. The number of nitrogens with zero attached hydrogens (tertiary/aromatic N) is 2. The largest absolute Gasteiger partial charge is 0.340 e. The molecule has 4 heteroatoms. The van der Waals surface area contributed by atoms with Gasteiger partial charge in [-0.05, 0) is 25.6 Å². The molecule has 0 aliphatic heterocycles. The van der Waals surface area contributed by atoms with Gasteiger partial charge >= 0.3 is 0 Å². The average molecular weight is 277 g/mol. The molecular weight excluding hydrogens is 250 g/mol. The molecule has 0 aliphatic rings. The van der Waals surface area contributed by atoms with E-state index in [4.69, 9.17) is 5.73 Å². The molecule has 1 aromatic rings. The highest BCUT2D eigenvalue weighted by Gasteiger charge is 2.22. The maximum absolute atomic E-state index is 12.6. The van der Waals surface area contributed by atoms with Crippen LogP contribution in [0.1, 0.15) is 25.5 Å². The van der Waals surface area contributed by atoms with Crippen molar-refractivity contribution in [2.45, 2.75) is 19.9 Å². The second-order valence-corrected chi connectivity index (χ2v) is 5.87. The molecule has 1 aromatic carbocycles. The molecule has 0 bridgehead atoms. The number of hydrogen-bond donors (Lipinski definition) is 1. The van der Waals surface area contributed by atoms with Crippen LogP contribution in [0.2, 0.25) is 0 Å². The first-order chi connectivity index (χ1) is 9.41. The number of carbonyl (C=O) groups is 1. The van der Waals surface area contributed by atoms with Gasteiger partial charge in [0.2, 0.25) is 5.91 Å². The summed E-state index contributed by atoms with van der Waals surface area (Å²) in [6.07, 6.45) is 0. The van der Waals surface area contributed by atoms with E-state index in [-0.39, 0.29) is 5.91 Å². The van der Waals surface area contributed by atoms with Gasteiger partial charge in [-0.1, -0.05) is 44.2 Å². The van der Waals surface area contributed by atoms with Crippen LogP contribution in [0.15, 0.2) is 30.3 Å². The van der Waals surface area contributed by atoms with Gasteiger partial charge < -0.3 is 15.5 Å². The maximum atomic E-state index is 12.6. The van der Waals surface area contributed by atoms with Crippen molar-refractivity contribution >= 4 is 5.91 Å². The minimum absolute atomic E-state index is 0.00625. The van der Waals surface area contributed by atoms with Crippen LogP contribution in [0.5, 0.6) is 0 Å². The van der Waals surface area contributed by atoms with Crippen molar-refractivity contribution in [3.63, 3.8) is 0 Å². The zero-order valence-corrected chi connectivity index (χ0v) is 13.0. The van der Waals surface area contributed by atoms with Gasteiger partial charge in [-0.2, -0.15) is 0 Å². The average Bonchev–Trinajstić information content (AvgIpc) is 2.42. The van der Waals surface area contributed by atoms with Gasteiger partial charge in [0.05, 0.1) is 0 Å². The smallest absolute Gasteiger partial charge is 0.244 e. The van der Waals surface area contributed by atoms with Gasteiger partial charge in [-0.25, -0.2) is 0 Å². The van der Waals surface area contributed by atoms with Crippen LogP contribution in [0.3, 0.4) is 0 Å². The third-order valence-corrected chi connectivity index (χ3v) is 3.14. The van der Waals surface area contributed by atoms with Crippen LogP contribution in [0, 0.1) is 5.92 Å². The van der Waals surface area contributed by atoms with Crippen molar-refractivity contribution in [2.75, 3.05) is 33.7 Å². The highest BCUT2D eigenvalue weighted by molar-refractivity contribution is 5.83. The van der Waals surface area contributed by atoms with Gasteiger partial charge in [0.25, 0.3) is 0 Å². The lowest BCUT2D eigenvalue weighted by Gasteiger charge is -2.28. The van der Waals surface area contributed by atoms with Crippen LogP contribution >= 0.6 is 0 Å². The van der Waals surface area contributed by atoms with Gasteiger partial charge in [0.15, 0.2) is 0 Å². The minimum atomic E-state index is -0.572. The first-order valence-corrected chi connectivity index (χ1v) is 7.16. The fourth-order valence-electron chi connectivity index (χ4n) is 2.05. The molecule has 20 heavy (non-hydrogen) atoms. The molecule has 2 N–H and O–H groups in total. The first-order valence-electron chi connectivity index (χ1n) is 7.16. The van der Waals surface area contributed by atoms with Gasteiger partial charge in [0.1, 0.15) is 6.04 Å². The summed E-state index contributed by atoms with van der Waals surface area (Å²) >= 11 is 0.